The van der Waals surface area contributed by atoms with Gasteiger partial charge in [0.2, 0.25) is 0 Å². The monoisotopic (exact) mass is 416 g/mol. The van der Waals surface area contributed by atoms with E-state index in [0.29, 0.717) is 5.92 Å². The van der Waals surface area contributed by atoms with Crippen molar-refractivity contribution in [3.8, 4) is 0 Å². The number of nitrogens with zero attached hydrogens (tertiary/aromatic N) is 3. The first-order valence-electron chi connectivity index (χ1n) is 9.59. The van der Waals surface area contributed by atoms with Crippen LogP contribution in [0.1, 0.15) is 28.8 Å². The number of likely N-dealkylation sites (N-methyl/N-ethyl adjacent to an activating group) is 1. The lowest BCUT2D eigenvalue weighted by Crippen LogP contribution is -2.43. The zero-order chi connectivity index (χ0) is 17.6. The molecule has 0 spiro atoms. The number of nitrogens with one attached hydrogen (secondary N) is 1. The molecule has 2 fully saturated rings. The van der Waals surface area contributed by atoms with Crippen molar-refractivity contribution in [1.29, 1.82) is 0 Å². The van der Waals surface area contributed by atoms with Gasteiger partial charge in [-0.1, -0.05) is 12.1 Å². The minimum Gasteiger partial charge on any atom is -0.339 e. The van der Waals surface area contributed by atoms with Gasteiger partial charge in [-0.2, -0.15) is 0 Å². The molecular weight excluding hydrogens is 383 g/mol. The molecule has 27 heavy (non-hydrogen) atoms. The van der Waals surface area contributed by atoms with Crippen LogP contribution in [-0.2, 0) is 6.54 Å². The fourth-order valence-electron chi connectivity index (χ4n) is 3.83. The van der Waals surface area contributed by atoms with E-state index in [0.717, 1.165) is 70.8 Å². The summed E-state index contributed by atoms with van der Waals surface area (Å²) in [7, 11) is 4.18. The topological polar surface area (TPSA) is 38.8 Å². The molecule has 3 rings (SSSR count). The highest BCUT2D eigenvalue weighted by molar-refractivity contribution is 5.94. The van der Waals surface area contributed by atoms with Crippen molar-refractivity contribution in [1.82, 2.24) is 20.0 Å². The molecular formula is C20H34Cl2N4O. The smallest absolute Gasteiger partial charge is 0.253 e. The third kappa shape index (κ3) is 6.91. The minimum atomic E-state index is 0. The molecule has 2 heterocycles. The van der Waals surface area contributed by atoms with Crippen LogP contribution in [0, 0.1) is 5.92 Å². The van der Waals surface area contributed by atoms with E-state index in [1.165, 1.54) is 5.56 Å². The van der Waals surface area contributed by atoms with Crippen LogP contribution in [0.3, 0.4) is 0 Å². The first-order chi connectivity index (χ1) is 12.2. The molecule has 1 aromatic carbocycles. The van der Waals surface area contributed by atoms with Gasteiger partial charge in [0.05, 0.1) is 0 Å². The maximum atomic E-state index is 12.7. The summed E-state index contributed by atoms with van der Waals surface area (Å²) in [5, 5.41) is 3.25. The maximum absolute atomic E-state index is 12.7. The van der Waals surface area contributed by atoms with E-state index in [4.69, 9.17) is 0 Å². The van der Waals surface area contributed by atoms with Crippen LogP contribution in [0.25, 0.3) is 0 Å². The van der Waals surface area contributed by atoms with Crippen molar-refractivity contribution in [2.24, 2.45) is 5.92 Å². The average Bonchev–Trinajstić information content (AvgIpc) is 2.65. The van der Waals surface area contributed by atoms with Gasteiger partial charge in [0.25, 0.3) is 5.91 Å². The van der Waals surface area contributed by atoms with Crippen LogP contribution >= 0.6 is 24.8 Å². The molecule has 1 N–H and O–H groups in total. The van der Waals surface area contributed by atoms with Crippen LogP contribution in [0.2, 0.25) is 0 Å². The number of hydrogen-bond acceptors (Lipinski definition) is 4. The summed E-state index contributed by atoms with van der Waals surface area (Å²) < 4.78 is 0. The minimum absolute atomic E-state index is 0. The standard InChI is InChI=1S/C20H32N4O.2ClH/c1-21-15-17-7-9-24(10-8-17)20(25)19-5-3-18(4-6-19)16-23-13-11-22(2)12-14-23;;/h3-6,17,21H,7-16H2,1-2H3;2*1H. The Hall–Kier alpha value is -0.850. The summed E-state index contributed by atoms with van der Waals surface area (Å²) in [6.07, 6.45) is 2.21. The van der Waals surface area contributed by atoms with E-state index in [9.17, 15) is 4.79 Å². The Balaban J connectivity index is 0.00000182. The molecule has 0 bridgehead atoms. The van der Waals surface area contributed by atoms with Gasteiger partial charge in [-0.15, -0.1) is 24.8 Å². The molecule has 2 saturated heterocycles. The van der Waals surface area contributed by atoms with Gasteiger partial charge in [0, 0.05) is 51.4 Å². The highest BCUT2D eigenvalue weighted by Crippen LogP contribution is 2.19. The van der Waals surface area contributed by atoms with Crippen molar-refractivity contribution in [3.05, 3.63) is 35.4 Å². The molecule has 0 aliphatic carbocycles. The second-order valence-corrected chi connectivity index (χ2v) is 7.57. The summed E-state index contributed by atoms with van der Waals surface area (Å²) >= 11 is 0. The number of piperazine rings is 1. The van der Waals surface area contributed by atoms with Crippen molar-refractivity contribution in [2.45, 2.75) is 19.4 Å². The lowest BCUT2D eigenvalue weighted by atomic mass is 9.96. The fraction of sp³-hybridized carbons (Fsp3) is 0.650. The molecule has 5 nitrogen and oxygen atoms in total. The lowest BCUT2D eigenvalue weighted by molar-refractivity contribution is 0.0691. The summed E-state index contributed by atoms with van der Waals surface area (Å²) in [5.74, 6) is 0.897. The van der Waals surface area contributed by atoms with Crippen molar-refractivity contribution in [2.75, 3.05) is 59.9 Å². The number of carbonyl (C=O) groups excluding carboxylic acids is 1. The van der Waals surface area contributed by atoms with E-state index in [-0.39, 0.29) is 30.7 Å². The highest BCUT2D eigenvalue weighted by Gasteiger charge is 2.23. The molecule has 2 aliphatic rings. The highest BCUT2D eigenvalue weighted by atomic mass is 35.5. The molecule has 0 saturated carbocycles. The van der Waals surface area contributed by atoms with E-state index < -0.39 is 0 Å². The van der Waals surface area contributed by atoms with Crippen LogP contribution < -0.4 is 5.32 Å². The quantitative estimate of drug-likeness (QED) is 0.799. The van der Waals surface area contributed by atoms with Crippen LogP contribution in [0.4, 0.5) is 0 Å². The van der Waals surface area contributed by atoms with Gasteiger partial charge >= 0.3 is 0 Å². The maximum Gasteiger partial charge on any atom is 0.253 e. The number of carbonyl (C=O) groups is 1. The second kappa shape index (κ2) is 11.9. The molecule has 154 valence electrons. The summed E-state index contributed by atoms with van der Waals surface area (Å²) in [4.78, 5) is 19.6. The zero-order valence-corrected chi connectivity index (χ0v) is 18.2. The molecule has 1 aromatic rings. The number of amides is 1. The number of rotatable bonds is 5. The predicted molar refractivity (Wildman–Crippen MR) is 116 cm³/mol. The number of likely N-dealkylation sites (tertiary alicyclic amines) is 1. The Morgan fingerprint density at radius 1 is 1.00 bits per heavy atom. The van der Waals surface area contributed by atoms with Crippen LogP contribution in [-0.4, -0.2) is 80.5 Å². The average molecular weight is 417 g/mol. The van der Waals surface area contributed by atoms with Gasteiger partial charge in [-0.3, -0.25) is 9.69 Å². The van der Waals surface area contributed by atoms with E-state index >= 15 is 0 Å². The lowest BCUT2D eigenvalue weighted by Gasteiger charge is -2.32. The van der Waals surface area contributed by atoms with E-state index in [1.807, 2.05) is 24.1 Å². The third-order valence-electron chi connectivity index (χ3n) is 5.60. The van der Waals surface area contributed by atoms with Crippen LogP contribution in [0.5, 0.6) is 0 Å². The van der Waals surface area contributed by atoms with Crippen molar-refractivity contribution < 1.29 is 4.79 Å². The summed E-state index contributed by atoms with van der Waals surface area (Å²) in [6.45, 7) is 8.33. The number of piperidine rings is 1. The molecule has 7 heteroatoms. The molecule has 0 unspecified atom stereocenters. The number of halogens is 2. The van der Waals surface area contributed by atoms with Crippen LogP contribution in [0.15, 0.2) is 24.3 Å². The number of benzene rings is 1. The zero-order valence-electron chi connectivity index (χ0n) is 16.5. The molecule has 0 radical (unpaired) electrons. The van der Waals surface area contributed by atoms with Crippen molar-refractivity contribution in [3.63, 3.8) is 0 Å². The molecule has 1 amide bonds. The Morgan fingerprint density at radius 3 is 2.15 bits per heavy atom. The largest absolute Gasteiger partial charge is 0.339 e. The van der Waals surface area contributed by atoms with Gasteiger partial charge in [0.15, 0.2) is 0 Å². The molecule has 0 atom stereocenters. The predicted octanol–water partition coefficient (Wildman–Crippen LogP) is 2.35. The number of hydrogen-bond donors (Lipinski definition) is 1. The summed E-state index contributed by atoms with van der Waals surface area (Å²) in [6, 6.07) is 8.26. The van der Waals surface area contributed by atoms with Crippen molar-refractivity contribution >= 4 is 30.7 Å². The Bertz CT molecular complexity index is 554. The van der Waals surface area contributed by atoms with E-state index in [1.54, 1.807) is 0 Å². The first kappa shape index (κ1) is 24.2. The normalized spacial score (nSPS) is 19.3. The van der Waals surface area contributed by atoms with Gasteiger partial charge in [-0.05, 0) is 57.1 Å². The Morgan fingerprint density at radius 2 is 1.59 bits per heavy atom. The SMILES string of the molecule is CNCC1CCN(C(=O)c2ccc(CN3CCN(C)CC3)cc2)CC1.Cl.Cl. The third-order valence-corrected chi connectivity index (χ3v) is 5.60. The fourth-order valence-corrected chi connectivity index (χ4v) is 3.83. The van der Waals surface area contributed by atoms with E-state index in [2.05, 4.69) is 34.3 Å². The van der Waals surface area contributed by atoms with Gasteiger partial charge in [0.1, 0.15) is 0 Å². The molecule has 2 aliphatic heterocycles. The Labute approximate surface area is 176 Å². The second-order valence-electron chi connectivity index (χ2n) is 7.57. The van der Waals surface area contributed by atoms with Gasteiger partial charge in [-0.25, -0.2) is 0 Å². The van der Waals surface area contributed by atoms with Gasteiger partial charge < -0.3 is 15.1 Å². The summed E-state index contributed by atoms with van der Waals surface area (Å²) in [5.41, 5.74) is 2.13. The molecule has 0 aromatic heterocycles. The first-order valence-corrected chi connectivity index (χ1v) is 9.59. The Kier molecular flexibility index (Phi) is 10.6.